The Balaban J connectivity index is 1.45. The summed E-state index contributed by atoms with van der Waals surface area (Å²) in [4.78, 5) is 22.5. The third kappa shape index (κ3) is 3.11. The summed E-state index contributed by atoms with van der Waals surface area (Å²) in [5.74, 6) is 2.26. The molecule has 2 N–H and O–H groups in total. The van der Waals surface area contributed by atoms with E-state index < -0.39 is 0 Å². The monoisotopic (exact) mass is 439 g/mol. The number of hydrogen-bond donors (Lipinski definition) is 2. The summed E-state index contributed by atoms with van der Waals surface area (Å²) in [6.45, 7) is 4.77. The Bertz CT molecular complexity index is 1540. The van der Waals surface area contributed by atoms with Gasteiger partial charge < -0.3 is 14.9 Å². The number of H-pyrrole nitrogens is 1. The molecule has 0 amide bonds. The lowest BCUT2D eigenvalue weighted by molar-refractivity contribution is 0.613. The van der Waals surface area contributed by atoms with Gasteiger partial charge in [-0.1, -0.05) is 30.3 Å². The van der Waals surface area contributed by atoms with Crippen LogP contribution < -0.4 is 5.32 Å². The number of aromatic nitrogens is 6. The Labute approximate surface area is 188 Å². The van der Waals surface area contributed by atoms with E-state index in [9.17, 15) is 0 Å². The maximum Gasteiger partial charge on any atom is 0.166 e. The normalized spacial score (nSPS) is 11.8. The van der Waals surface area contributed by atoms with Crippen molar-refractivity contribution in [3.05, 3.63) is 66.1 Å². The second-order valence-electron chi connectivity index (χ2n) is 8.01. The maximum atomic E-state index is 4.93. The van der Waals surface area contributed by atoms with Gasteiger partial charge in [-0.05, 0) is 32.0 Å². The zero-order valence-electron chi connectivity index (χ0n) is 17.7. The fourth-order valence-electron chi connectivity index (χ4n) is 3.95. The molecule has 0 aliphatic rings. The molecule has 0 atom stereocenters. The van der Waals surface area contributed by atoms with E-state index in [0.29, 0.717) is 18.2 Å². The van der Waals surface area contributed by atoms with Crippen molar-refractivity contribution >= 4 is 49.4 Å². The number of thiophene rings is 1. The Morgan fingerprint density at radius 2 is 1.88 bits per heavy atom. The first-order valence-electron chi connectivity index (χ1n) is 10.6. The first kappa shape index (κ1) is 18.9. The lowest BCUT2D eigenvalue weighted by atomic mass is 10.1. The van der Waals surface area contributed by atoms with E-state index in [1.807, 2.05) is 30.6 Å². The molecule has 4 heterocycles. The van der Waals surface area contributed by atoms with Crippen LogP contribution >= 0.6 is 11.3 Å². The third-order valence-electron chi connectivity index (χ3n) is 5.56. The van der Waals surface area contributed by atoms with Crippen LogP contribution in [0.15, 0.2) is 60.2 Å². The van der Waals surface area contributed by atoms with Crippen LogP contribution in [0.5, 0.6) is 0 Å². The fourth-order valence-corrected chi connectivity index (χ4v) is 4.89. The number of rotatable bonds is 5. The molecule has 8 heteroatoms. The predicted octanol–water partition coefficient (Wildman–Crippen LogP) is 5.78. The molecule has 2 aromatic carbocycles. The zero-order chi connectivity index (χ0) is 21.7. The first-order valence-corrected chi connectivity index (χ1v) is 11.4. The van der Waals surface area contributed by atoms with Crippen molar-refractivity contribution in [2.45, 2.75) is 26.4 Å². The van der Waals surface area contributed by atoms with E-state index in [0.717, 1.165) is 39.0 Å². The minimum atomic E-state index is 0.241. The third-order valence-corrected chi connectivity index (χ3v) is 6.52. The number of para-hydroxylation sites is 2. The van der Waals surface area contributed by atoms with E-state index in [2.05, 4.69) is 68.3 Å². The smallest absolute Gasteiger partial charge is 0.166 e. The van der Waals surface area contributed by atoms with Crippen LogP contribution in [0.1, 0.15) is 25.7 Å². The van der Waals surface area contributed by atoms with Crippen LogP contribution in [0, 0.1) is 0 Å². The number of nitrogens with one attached hydrogen (secondary N) is 2. The average molecular weight is 440 g/mol. The highest BCUT2D eigenvalue weighted by Crippen LogP contribution is 2.34. The van der Waals surface area contributed by atoms with Crippen LogP contribution in [0.3, 0.4) is 0 Å². The minimum absolute atomic E-state index is 0.241. The molecule has 4 aromatic heterocycles. The molecule has 0 aliphatic heterocycles. The van der Waals surface area contributed by atoms with E-state index in [1.165, 1.54) is 4.70 Å². The summed E-state index contributed by atoms with van der Waals surface area (Å²) < 4.78 is 3.31. The van der Waals surface area contributed by atoms with Crippen molar-refractivity contribution in [1.82, 2.24) is 29.5 Å². The number of aromatic amines is 1. The molecule has 0 saturated carbocycles. The van der Waals surface area contributed by atoms with Crippen molar-refractivity contribution in [3.63, 3.8) is 0 Å². The number of anilines is 1. The van der Waals surface area contributed by atoms with Gasteiger partial charge in [-0.25, -0.2) is 19.9 Å². The van der Waals surface area contributed by atoms with Gasteiger partial charge in [0.15, 0.2) is 17.3 Å². The molecule has 0 bridgehead atoms. The Hall–Kier alpha value is -3.78. The average Bonchev–Trinajstić information content (AvgIpc) is 3.52. The first-order chi connectivity index (χ1) is 15.7. The van der Waals surface area contributed by atoms with Crippen molar-refractivity contribution in [2.75, 3.05) is 5.32 Å². The number of nitrogens with zero attached hydrogens (tertiary/aromatic N) is 5. The summed E-state index contributed by atoms with van der Waals surface area (Å²) in [6, 6.07) is 16.6. The second-order valence-corrected chi connectivity index (χ2v) is 8.92. The maximum absolute atomic E-state index is 4.93. The van der Waals surface area contributed by atoms with Crippen LogP contribution in [0.2, 0.25) is 0 Å². The molecule has 0 spiro atoms. The molecule has 0 radical (unpaired) electrons. The number of imidazole rings is 2. The van der Waals surface area contributed by atoms with Crippen LogP contribution in [0.25, 0.3) is 43.7 Å². The molecular weight excluding hydrogens is 418 g/mol. The predicted molar refractivity (Wildman–Crippen MR) is 130 cm³/mol. The molecule has 7 nitrogen and oxygen atoms in total. The van der Waals surface area contributed by atoms with Crippen LogP contribution in [-0.4, -0.2) is 29.5 Å². The standard InChI is InChI=1S/C24H21N7S/c1-14(2)31-13-26-21-23(25-11-20-27-17-8-4-5-9-18(17)28-20)29-22(30-24(21)31)16-12-32-19-10-6-3-7-15(16)19/h3-10,12-14H,11H2,1-2H3,(H,27,28)(H,25,29,30). The molecule has 0 aliphatic carbocycles. The van der Waals surface area contributed by atoms with Crippen molar-refractivity contribution in [3.8, 4) is 11.4 Å². The van der Waals surface area contributed by atoms with Crippen molar-refractivity contribution < 1.29 is 0 Å². The van der Waals surface area contributed by atoms with Gasteiger partial charge in [0.05, 0.1) is 23.9 Å². The summed E-state index contributed by atoms with van der Waals surface area (Å²) in [5, 5.41) is 6.74. The number of benzene rings is 2. The largest absolute Gasteiger partial charge is 0.361 e. The van der Waals surface area contributed by atoms with Gasteiger partial charge in [0.1, 0.15) is 11.3 Å². The molecule has 0 unspecified atom stereocenters. The van der Waals surface area contributed by atoms with E-state index in [4.69, 9.17) is 9.97 Å². The molecule has 6 rings (SSSR count). The van der Waals surface area contributed by atoms with E-state index in [1.54, 1.807) is 11.3 Å². The molecule has 0 saturated heterocycles. The SMILES string of the molecule is CC(C)n1cnc2c(NCc3nc4ccccc4[nH]3)nc(-c3csc4ccccc34)nc21. The van der Waals surface area contributed by atoms with E-state index >= 15 is 0 Å². The summed E-state index contributed by atoms with van der Waals surface area (Å²) >= 11 is 1.71. The summed E-state index contributed by atoms with van der Waals surface area (Å²) in [6.07, 6.45) is 1.84. The Kier molecular flexibility index (Phi) is 4.39. The van der Waals surface area contributed by atoms with Crippen molar-refractivity contribution in [1.29, 1.82) is 0 Å². The Morgan fingerprint density at radius 3 is 2.75 bits per heavy atom. The Morgan fingerprint density at radius 1 is 1.03 bits per heavy atom. The summed E-state index contributed by atoms with van der Waals surface area (Å²) in [5.41, 5.74) is 4.60. The van der Waals surface area contributed by atoms with Gasteiger partial charge in [-0.3, -0.25) is 0 Å². The fraction of sp³-hybridized carbons (Fsp3) is 0.167. The number of hydrogen-bond acceptors (Lipinski definition) is 6. The van der Waals surface area contributed by atoms with Gasteiger partial charge in [0.25, 0.3) is 0 Å². The van der Waals surface area contributed by atoms with Crippen LogP contribution in [-0.2, 0) is 6.54 Å². The molecule has 0 fully saturated rings. The highest BCUT2D eigenvalue weighted by atomic mass is 32.1. The quantitative estimate of drug-likeness (QED) is 0.356. The molecule has 158 valence electrons. The lowest BCUT2D eigenvalue weighted by Crippen LogP contribution is -2.07. The molecule has 6 aromatic rings. The molecule has 32 heavy (non-hydrogen) atoms. The number of fused-ring (bicyclic) bond motifs is 3. The minimum Gasteiger partial charge on any atom is -0.361 e. The van der Waals surface area contributed by atoms with Gasteiger partial charge in [0.2, 0.25) is 0 Å². The zero-order valence-corrected chi connectivity index (χ0v) is 18.5. The summed E-state index contributed by atoms with van der Waals surface area (Å²) in [7, 11) is 0. The lowest BCUT2D eigenvalue weighted by Gasteiger charge is -2.10. The van der Waals surface area contributed by atoms with Gasteiger partial charge in [-0.2, -0.15) is 0 Å². The van der Waals surface area contributed by atoms with Gasteiger partial charge in [0, 0.05) is 27.1 Å². The van der Waals surface area contributed by atoms with E-state index in [-0.39, 0.29) is 6.04 Å². The van der Waals surface area contributed by atoms with Gasteiger partial charge in [-0.15, -0.1) is 11.3 Å². The van der Waals surface area contributed by atoms with Crippen molar-refractivity contribution in [2.24, 2.45) is 0 Å². The topological polar surface area (TPSA) is 84.3 Å². The van der Waals surface area contributed by atoms with Crippen LogP contribution in [0.4, 0.5) is 5.82 Å². The highest BCUT2D eigenvalue weighted by molar-refractivity contribution is 7.17. The van der Waals surface area contributed by atoms with Gasteiger partial charge >= 0.3 is 0 Å². The highest BCUT2D eigenvalue weighted by Gasteiger charge is 2.18. The second kappa shape index (κ2) is 7.42. The molecular formula is C24H21N7S.